The molecule has 0 spiro atoms. The molecular formula is C59H87N7O7. The van der Waals surface area contributed by atoms with Crippen molar-refractivity contribution in [2.45, 2.75) is 187 Å². The molecule has 0 radical (unpaired) electrons. The number of hydrogen-bond acceptors (Lipinski definition) is 10. The smallest absolute Gasteiger partial charge is 0.307 e. The van der Waals surface area contributed by atoms with E-state index in [2.05, 4.69) is 47.9 Å². The van der Waals surface area contributed by atoms with Crippen molar-refractivity contribution in [1.29, 1.82) is 0 Å². The summed E-state index contributed by atoms with van der Waals surface area (Å²) in [7, 11) is 2.18. The molecule has 2 aromatic carbocycles. The quantitative estimate of drug-likeness (QED) is 0.0419. The topological polar surface area (TPSA) is 140 Å². The SMILES string of the molecule is CCCCCCCCCC(=O)OCn1ncc2cc(C[C@@H](CC(=O)N3CCC(c4cc5ccccc5n(COC(=O)CCCCCCCCC)c4=O)CC3)C(=O)N3CCN(C4CCN(C)CC4)CC3)cc(C)c21. The number of amides is 2. The summed E-state index contributed by atoms with van der Waals surface area (Å²) in [6.07, 6.45) is 22.3. The Kier molecular flexibility index (Phi) is 21.8. The van der Waals surface area contributed by atoms with Crippen molar-refractivity contribution in [3.8, 4) is 0 Å². The number of esters is 2. The summed E-state index contributed by atoms with van der Waals surface area (Å²) >= 11 is 0. The van der Waals surface area contributed by atoms with Gasteiger partial charge in [0.1, 0.15) is 0 Å². The molecule has 14 nitrogen and oxygen atoms in total. The van der Waals surface area contributed by atoms with Crippen molar-refractivity contribution in [2.24, 2.45) is 5.92 Å². The van der Waals surface area contributed by atoms with Crippen LogP contribution in [0.3, 0.4) is 0 Å². The molecule has 3 aliphatic heterocycles. The minimum absolute atomic E-state index is 0.0207. The van der Waals surface area contributed by atoms with Gasteiger partial charge < -0.3 is 24.2 Å². The second-order valence-electron chi connectivity index (χ2n) is 21.6. The van der Waals surface area contributed by atoms with Crippen molar-refractivity contribution >= 4 is 45.6 Å². The first kappa shape index (κ1) is 55.7. The maximum absolute atomic E-state index is 14.7. The van der Waals surface area contributed by atoms with E-state index in [1.54, 1.807) is 15.4 Å². The third-order valence-corrected chi connectivity index (χ3v) is 16.1. The number of para-hydroxylation sites is 1. The highest BCUT2D eigenvalue weighted by Crippen LogP contribution is 2.31. The fourth-order valence-corrected chi connectivity index (χ4v) is 11.6. The molecule has 0 saturated carbocycles. The van der Waals surface area contributed by atoms with Gasteiger partial charge in [-0.05, 0) is 113 Å². The molecule has 7 rings (SSSR count). The number of unbranched alkanes of at least 4 members (excludes halogenated alkanes) is 12. The molecule has 400 valence electrons. The lowest BCUT2D eigenvalue weighted by molar-refractivity contribution is -0.148. The van der Waals surface area contributed by atoms with E-state index in [1.807, 2.05) is 47.1 Å². The number of piperazine rings is 1. The van der Waals surface area contributed by atoms with E-state index in [-0.39, 0.29) is 55.1 Å². The molecule has 0 N–H and O–H groups in total. The van der Waals surface area contributed by atoms with Crippen LogP contribution in [0.5, 0.6) is 0 Å². The van der Waals surface area contributed by atoms with Gasteiger partial charge in [0, 0.05) is 75.5 Å². The average molecular weight is 1010 g/mol. The number of aryl methyl sites for hydroxylation is 1. The first-order valence-electron chi connectivity index (χ1n) is 28.4. The zero-order valence-electron chi connectivity index (χ0n) is 45.0. The Balaban J connectivity index is 0.987. The normalized spacial score (nSPS) is 16.9. The van der Waals surface area contributed by atoms with Gasteiger partial charge in [-0.3, -0.25) is 33.4 Å². The zero-order valence-corrected chi connectivity index (χ0v) is 45.0. The van der Waals surface area contributed by atoms with Crippen LogP contribution in [0.15, 0.2) is 53.5 Å². The van der Waals surface area contributed by atoms with E-state index >= 15 is 0 Å². The highest BCUT2D eigenvalue weighted by atomic mass is 16.5. The number of ether oxygens (including phenoxy) is 2. The van der Waals surface area contributed by atoms with Crippen LogP contribution in [0.2, 0.25) is 0 Å². The summed E-state index contributed by atoms with van der Waals surface area (Å²) < 4.78 is 14.7. The van der Waals surface area contributed by atoms with Crippen LogP contribution in [0.25, 0.3) is 21.8 Å². The van der Waals surface area contributed by atoms with Gasteiger partial charge in [0.05, 0.1) is 23.1 Å². The fourth-order valence-electron chi connectivity index (χ4n) is 11.6. The van der Waals surface area contributed by atoms with Crippen molar-refractivity contribution in [3.63, 3.8) is 0 Å². The number of fused-ring (bicyclic) bond motifs is 2. The van der Waals surface area contributed by atoms with E-state index in [1.165, 1.54) is 51.4 Å². The number of carbonyl (C=O) groups is 4. The minimum Gasteiger partial charge on any atom is -0.444 e. The summed E-state index contributed by atoms with van der Waals surface area (Å²) in [5.74, 6) is -1.15. The van der Waals surface area contributed by atoms with E-state index < -0.39 is 5.92 Å². The van der Waals surface area contributed by atoms with Gasteiger partial charge in [-0.25, -0.2) is 4.68 Å². The summed E-state index contributed by atoms with van der Waals surface area (Å²) in [6, 6.07) is 14.4. The predicted molar refractivity (Wildman–Crippen MR) is 289 cm³/mol. The number of hydrogen-bond donors (Lipinski definition) is 0. The molecule has 0 aliphatic carbocycles. The highest BCUT2D eigenvalue weighted by molar-refractivity contribution is 5.87. The van der Waals surface area contributed by atoms with Crippen LogP contribution in [0, 0.1) is 12.8 Å². The summed E-state index contributed by atoms with van der Waals surface area (Å²) in [5.41, 5.74) is 4.06. The van der Waals surface area contributed by atoms with Gasteiger partial charge in [0.2, 0.25) is 11.8 Å². The van der Waals surface area contributed by atoms with Crippen LogP contribution in [-0.4, -0.2) is 123 Å². The fraction of sp³-hybridized carbons (Fsp3) is 0.661. The van der Waals surface area contributed by atoms with Gasteiger partial charge in [0.15, 0.2) is 13.5 Å². The third kappa shape index (κ3) is 16.0. The van der Waals surface area contributed by atoms with Crippen molar-refractivity contribution in [2.75, 3.05) is 59.4 Å². The Labute approximate surface area is 435 Å². The second-order valence-corrected chi connectivity index (χ2v) is 21.6. The molecule has 14 heteroatoms. The van der Waals surface area contributed by atoms with Gasteiger partial charge in [-0.15, -0.1) is 0 Å². The van der Waals surface area contributed by atoms with Crippen molar-refractivity contribution < 1.29 is 28.7 Å². The molecule has 0 bridgehead atoms. The van der Waals surface area contributed by atoms with E-state index in [0.29, 0.717) is 69.9 Å². The van der Waals surface area contributed by atoms with E-state index in [9.17, 15) is 24.0 Å². The summed E-state index contributed by atoms with van der Waals surface area (Å²) in [5, 5.41) is 6.41. The Morgan fingerprint density at radius 1 is 0.671 bits per heavy atom. The number of likely N-dealkylation sites (tertiary alicyclic amines) is 2. The third-order valence-electron chi connectivity index (χ3n) is 16.1. The molecule has 4 aromatic rings. The van der Waals surface area contributed by atoms with Crippen molar-refractivity contribution in [1.82, 2.24) is 33.9 Å². The zero-order chi connectivity index (χ0) is 51.5. The Hall–Kier alpha value is -5.08. The molecule has 73 heavy (non-hydrogen) atoms. The van der Waals surface area contributed by atoms with Crippen LogP contribution in [0.4, 0.5) is 0 Å². The monoisotopic (exact) mass is 1010 g/mol. The number of aromatic nitrogens is 3. The Bertz CT molecular complexity index is 2460. The number of rotatable bonds is 27. The minimum atomic E-state index is -0.555. The second kappa shape index (κ2) is 28.6. The first-order valence-corrected chi connectivity index (χ1v) is 28.4. The lowest BCUT2D eigenvalue weighted by Crippen LogP contribution is -2.55. The molecular weight excluding hydrogens is 919 g/mol. The molecule has 2 aromatic heterocycles. The molecule has 2 amide bonds. The highest BCUT2D eigenvalue weighted by Gasteiger charge is 2.35. The van der Waals surface area contributed by atoms with Crippen LogP contribution < -0.4 is 5.56 Å². The molecule has 3 saturated heterocycles. The number of piperidine rings is 2. The maximum Gasteiger partial charge on any atom is 0.307 e. The average Bonchev–Trinajstić information content (AvgIpc) is 3.82. The summed E-state index contributed by atoms with van der Waals surface area (Å²) in [6.45, 7) is 12.5. The van der Waals surface area contributed by atoms with Crippen LogP contribution in [-0.2, 0) is 48.5 Å². The number of pyridine rings is 1. The molecule has 0 unspecified atom stereocenters. The largest absolute Gasteiger partial charge is 0.444 e. The van der Waals surface area contributed by atoms with E-state index in [0.717, 1.165) is 110 Å². The van der Waals surface area contributed by atoms with Crippen LogP contribution in [0.1, 0.15) is 171 Å². The van der Waals surface area contributed by atoms with Gasteiger partial charge in [0.25, 0.3) is 5.56 Å². The van der Waals surface area contributed by atoms with Crippen LogP contribution >= 0.6 is 0 Å². The number of benzene rings is 2. The number of nitrogens with zero attached hydrogens (tertiary/aromatic N) is 7. The summed E-state index contributed by atoms with van der Waals surface area (Å²) in [4.78, 5) is 77.7. The predicted octanol–water partition coefficient (Wildman–Crippen LogP) is 10.1. The van der Waals surface area contributed by atoms with Gasteiger partial charge in [-0.2, -0.15) is 5.10 Å². The molecule has 3 fully saturated rings. The van der Waals surface area contributed by atoms with Gasteiger partial charge >= 0.3 is 11.9 Å². The number of carbonyl (C=O) groups excluding carboxylic acids is 4. The lowest BCUT2D eigenvalue weighted by atomic mass is 9.88. The maximum atomic E-state index is 14.7. The van der Waals surface area contributed by atoms with Gasteiger partial charge in [-0.1, -0.05) is 115 Å². The molecule has 3 aliphatic rings. The first-order chi connectivity index (χ1) is 35.5. The molecule has 5 heterocycles. The lowest BCUT2D eigenvalue weighted by Gasteiger charge is -2.43. The molecule has 1 atom stereocenters. The van der Waals surface area contributed by atoms with Crippen molar-refractivity contribution in [3.05, 3.63) is 75.7 Å². The standard InChI is InChI=1S/C59H87N7O7/c1-5-7-9-11-13-15-17-23-55(68)72-43-65-53-22-20-19-21-48(53)40-52(59(65)71)47-25-31-63(32-26-47)54(67)41-49(58(70)64-35-33-62(34-36-64)51-27-29-61(4)30-28-51)38-46-37-45(3)57-50(39-46)42-60-66(57)44-73-56(69)24-18-16-14-12-10-8-6-2/h19-22,37,39-40,42,47,49,51H,5-18,23-36,38,41,43-44H2,1-4H3/t49-/m0/s1. The van der Waals surface area contributed by atoms with E-state index in [4.69, 9.17) is 9.47 Å². The Morgan fingerprint density at radius 2 is 1.27 bits per heavy atom. The Morgan fingerprint density at radius 3 is 1.92 bits per heavy atom.